The lowest BCUT2D eigenvalue weighted by Gasteiger charge is -2.34. The van der Waals surface area contributed by atoms with E-state index < -0.39 is 28.5 Å². The number of aryl methyl sites for hydroxylation is 2. The van der Waals surface area contributed by atoms with Crippen molar-refractivity contribution in [3.63, 3.8) is 0 Å². The Bertz CT molecular complexity index is 1790. The van der Waals surface area contributed by atoms with E-state index in [1.165, 1.54) is 35.2 Å². The first-order chi connectivity index (χ1) is 22.5. The third-order valence-corrected chi connectivity index (χ3v) is 10.8. The largest absolute Gasteiger partial charge is 0.352 e. The van der Waals surface area contributed by atoms with Crippen molar-refractivity contribution in [3.05, 3.63) is 129 Å². The van der Waals surface area contributed by atoms with Crippen molar-refractivity contribution in [1.29, 1.82) is 0 Å². The molecule has 1 fully saturated rings. The second-order valence-electron chi connectivity index (χ2n) is 12.1. The van der Waals surface area contributed by atoms with Gasteiger partial charge in [0.05, 0.1) is 10.6 Å². The zero-order chi connectivity index (χ0) is 33.6. The summed E-state index contributed by atoms with van der Waals surface area (Å²) in [5.41, 5.74) is 3.71. The van der Waals surface area contributed by atoms with Crippen LogP contribution in [-0.2, 0) is 32.6 Å². The molecule has 4 aromatic carbocycles. The number of carbonyl (C=O) groups is 2. The van der Waals surface area contributed by atoms with Crippen molar-refractivity contribution in [2.75, 3.05) is 10.8 Å². The summed E-state index contributed by atoms with van der Waals surface area (Å²) >= 11 is 12.7. The Kier molecular flexibility index (Phi) is 11.3. The molecule has 246 valence electrons. The van der Waals surface area contributed by atoms with Crippen molar-refractivity contribution in [1.82, 2.24) is 10.2 Å². The highest BCUT2D eigenvalue weighted by Gasteiger charge is 2.36. The van der Waals surface area contributed by atoms with Crippen LogP contribution in [0.25, 0.3) is 0 Å². The van der Waals surface area contributed by atoms with Crippen LogP contribution in [-0.4, -0.2) is 43.8 Å². The first-order valence-electron chi connectivity index (χ1n) is 15.7. The van der Waals surface area contributed by atoms with E-state index in [-0.39, 0.29) is 45.5 Å². The van der Waals surface area contributed by atoms with Gasteiger partial charge in [-0.1, -0.05) is 108 Å². The Balaban J connectivity index is 1.59. The number of carbonyl (C=O) groups excluding carboxylic acids is 2. The van der Waals surface area contributed by atoms with Crippen LogP contribution in [0.5, 0.6) is 0 Å². The summed E-state index contributed by atoms with van der Waals surface area (Å²) in [7, 11) is -4.27. The molecule has 7 nitrogen and oxygen atoms in total. The zero-order valence-electron chi connectivity index (χ0n) is 26.5. The average Bonchev–Trinajstić information content (AvgIpc) is 3.55. The number of hydrogen-bond donors (Lipinski definition) is 1. The minimum atomic E-state index is -4.27. The Hall–Kier alpha value is -3.85. The van der Waals surface area contributed by atoms with Crippen LogP contribution in [0.2, 0.25) is 10.0 Å². The van der Waals surface area contributed by atoms with Gasteiger partial charge in [0, 0.05) is 29.1 Å². The average molecular weight is 693 g/mol. The van der Waals surface area contributed by atoms with Crippen LogP contribution in [0, 0.1) is 13.8 Å². The molecular formula is C37H39Cl2N3O4S. The number of anilines is 1. The summed E-state index contributed by atoms with van der Waals surface area (Å²) in [6.45, 7) is 3.34. The quantitative estimate of drug-likeness (QED) is 0.167. The predicted octanol–water partition coefficient (Wildman–Crippen LogP) is 7.50. The molecule has 0 radical (unpaired) electrons. The van der Waals surface area contributed by atoms with E-state index in [1.54, 1.807) is 12.1 Å². The minimum Gasteiger partial charge on any atom is -0.352 e. The maximum atomic E-state index is 14.7. The number of nitrogens with zero attached hydrogens (tertiary/aromatic N) is 2. The molecule has 0 spiro atoms. The van der Waals surface area contributed by atoms with Gasteiger partial charge in [-0.25, -0.2) is 8.42 Å². The molecule has 2 amide bonds. The SMILES string of the molecule is Cc1ccc(S(=O)(=O)N(CC(=O)N(Cc2ccccc2C)[C@@H](Cc2ccccc2)C(=O)NC2CCCC2)c2cc(Cl)cc(Cl)c2)cc1. The van der Waals surface area contributed by atoms with E-state index in [4.69, 9.17) is 23.2 Å². The number of benzene rings is 4. The predicted molar refractivity (Wildman–Crippen MR) is 188 cm³/mol. The van der Waals surface area contributed by atoms with Crippen LogP contribution in [0.1, 0.15) is 47.9 Å². The van der Waals surface area contributed by atoms with Gasteiger partial charge in [0.25, 0.3) is 10.0 Å². The number of sulfonamides is 1. The van der Waals surface area contributed by atoms with E-state index >= 15 is 0 Å². The molecule has 10 heteroatoms. The van der Waals surface area contributed by atoms with Gasteiger partial charge in [-0.3, -0.25) is 13.9 Å². The third-order valence-electron chi connectivity index (χ3n) is 8.60. The van der Waals surface area contributed by atoms with E-state index in [9.17, 15) is 18.0 Å². The third kappa shape index (κ3) is 8.74. The van der Waals surface area contributed by atoms with E-state index in [2.05, 4.69) is 5.32 Å². The lowest BCUT2D eigenvalue weighted by atomic mass is 10.0. The molecular weight excluding hydrogens is 653 g/mol. The molecule has 4 aromatic rings. The van der Waals surface area contributed by atoms with Crippen molar-refractivity contribution in [2.24, 2.45) is 0 Å². The van der Waals surface area contributed by atoms with Gasteiger partial charge in [0.2, 0.25) is 11.8 Å². The Morgan fingerprint density at radius 1 is 0.851 bits per heavy atom. The van der Waals surface area contributed by atoms with Crippen molar-refractivity contribution < 1.29 is 18.0 Å². The summed E-state index contributed by atoms with van der Waals surface area (Å²) < 4.78 is 29.5. The fourth-order valence-electron chi connectivity index (χ4n) is 5.94. The zero-order valence-corrected chi connectivity index (χ0v) is 28.9. The number of hydrogen-bond acceptors (Lipinski definition) is 4. The number of rotatable bonds is 12. The molecule has 1 N–H and O–H groups in total. The minimum absolute atomic E-state index is 0.0114. The highest BCUT2D eigenvalue weighted by Crippen LogP contribution is 2.31. The van der Waals surface area contributed by atoms with Gasteiger partial charge in [0.1, 0.15) is 12.6 Å². The molecule has 0 aromatic heterocycles. The van der Waals surface area contributed by atoms with Gasteiger partial charge < -0.3 is 10.2 Å². The number of nitrogens with one attached hydrogen (secondary N) is 1. The lowest BCUT2D eigenvalue weighted by Crippen LogP contribution is -2.54. The number of amides is 2. The summed E-state index contributed by atoms with van der Waals surface area (Å²) in [6.07, 6.45) is 4.09. The molecule has 0 aliphatic heterocycles. The van der Waals surface area contributed by atoms with Crippen LogP contribution in [0.3, 0.4) is 0 Å². The molecule has 1 saturated carbocycles. The van der Waals surface area contributed by atoms with Gasteiger partial charge in [-0.05, 0) is 73.7 Å². The van der Waals surface area contributed by atoms with Gasteiger partial charge >= 0.3 is 0 Å². The Morgan fingerprint density at radius 3 is 2.11 bits per heavy atom. The molecule has 1 aliphatic rings. The van der Waals surface area contributed by atoms with E-state index in [1.807, 2.05) is 68.4 Å². The highest BCUT2D eigenvalue weighted by molar-refractivity contribution is 7.92. The Morgan fingerprint density at radius 2 is 1.47 bits per heavy atom. The summed E-state index contributed by atoms with van der Waals surface area (Å²) in [4.78, 5) is 30.4. The number of halogens is 2. The second kappa shape index (κ2) is 15.4. The Labute approximate surface area is 287 Å². The molecule has 1 atom stereocenters. The topological polar surface area (TPSA) is 86.8 Å². The van der Waals surface area contributed by atoms with Crippen LogP contribution >= 0.6 is 23.2 Å². The molecule has 47 heavy (non-hydrogen) atoms. The maximum absolute atomic E-state index is 14.7. The standard InChI is InChI=1S/C37H39Cl2N3O4S/c1-26-16-18-34(19-17-26)47(45,46)42(33-22-30(38)21-31(39)23-33)25-36(43)41(24-29-13-7-6-10-27(29)2)35(20-28-11-4-3-5-12-28)37(44)40-32-14-8-9-15-32/h3-7,10-13,16-19,21-23,32,35H,8-9,14-15,20,24-25H2,1-2H3,(H,40,44)/t35-/m0/s1. The normalized spacial score (nSPS) is 14.0. The summed E-state index contributed by atoms with van der Waals surface area (Å²) in [6, 6.07) is 27.2. The van der Waals surface area contributed by atoms with Crippen LogP contribution in [0.4, 0.5) is 5.69 Å². The first-order valence-corrected chi connectivity index (χ1v) is 17.9. The van der Waals surface area contributed by atoms with Crippen molar-refractivity contribution in [3.8, 4) is 0 Å². The molecule has 0 heterocycles. The van der Waals surface area contributed by atoms with Gasteiger partial charge in [0.15, 0.2) is 0 Å². The fourth-order valence-corrected chi connectivity index (χ4v) is 7.85. The summed E-state index contributed by atoms with van der Waals surface area (Å²) in [5.74, 6) is -0.802. The van der Waals surface area contributed by atoms with Gasteiger partial charge in [-0.2, -0.15) is 0 Å². The van der Waals surface area contributed by atoms with Crippen molar-refractivity contribution in [2.45, 2.75) is 69.5 Å². The van der Waals surface area contributed by atoms with Crippen LogP contribution in [0.15, 0.2) is 102 Å². The highest BCUT2D eigenvalue weighted by atomic mass is 35.5. The van der Waals surface area contributed by atoms with E-state index in [0.29, 0.717) is 0 Å². The maximum Gasteiger partial charge on any atom is 0.264 e. The molecule has 1 aliphatic carbocycles. The second-order valence-corrected chi connectivity index (χ2v) is 14.8. The van der Waals surface area contributed by atoms with Crippen molar-refractivity contribution >= 4 is 50.7 Å². The molecule has 5 rings (SSSR count). The molecule has 0 saturated heterocycles. The molecule has 0 bridgehead atoms. The fraction of sp³-hybridized carbons (Fsp3) is 0.297. The first kappa shape index (κ1) is 34.5. The van der Waals surface area contributed by atoms with Crippen LogP contribution < -0.4 is 9.62 Å². The lowest BCUT2D eigenvalue weighted by molar-refractivity contribution is -0.140. The van der Waals surface area contributed by atoms with Gasteiger partial charge in [-0.15, -0.1) is 0 Å². The van der Waals surface area contributed by atoms with E-state index in [0.717, 1.165) is 52.2 Å². The smallest absolute Gasteiger partial charge is 0.264 e. The monoisotopic (exact) mass is 691 g/mol. The summed E-state index contributed by atoms with van der Waals surface area (Å²) in [5, 5.41) is 3.64. The molecule has 0 unspecified atom stereocenters.